The van der Waals surface area contributed by atoms with Gasteiger partial charge in [0.05, 0.1) is 6.04 Å². The quantitative estimate of drug-likeness (QED) is 0.858. The van der Waals surface area contributed by atoms with Crippen LogP contribution >= 0.6 is 0 Å². The van der Waals surface area contributed by atoms with Gasteiger partial charge in [-0.25, -0.2) is 0 Å². The fraction of sp³-hybridized carbons (Fsp3) is 0.650. The van der Waals surface area contributed by atoms with Gasteiger partial charge in [-0.3, -0.25) is 9.69 Å². The molecule has 3 nitrogen and oxygen atoms in total. The van der Waals surface area contributed by atoms with Crippen molar-refractivity contribution >= 4 is 5.91 Å². The number of hydrogen-bond acceptors (Lipinski definition) is 2. The lowest BCUT2D eigenvalue weighted by molar-refractivity contribution is -0.122. The van der Waals surface area contributed by atoms with Gasteiger partial charge in [0, 0.05) is 13.0 Å². The fourth-order valence-electron chi connectivity index (χ4n) is 3.31. The number of likely N-dealkylation sites (tertiary alicyclic amines) is 1. The Labute approximate surface area is 141 Å². The summed E-state index contributed by atoms with van der Waals surface area (Å²) >= 11 is 0. The number of benzene rings is 1. The highest BCUT2D eigenvalue weighted by Gasteiger charge is 2.22. The number of nitrogens with one attached hydrogen (secondary N) is 1. The van der Waals surface area contributed by atoms with Crippen molar-refractivity contribution in [1.82, 2.24) is 10.2 Å². The van der Waals surface area contributed by atoms with Gasteiger partial charge in [-0.1, -0.05) is 56.5 Å². The predicted octanol–water partition coefficient (Wildman–Crippen LogP) is 4.07. The third-order valence-corrected chi connectivity index (χ3v) is 4.63. The fourth-order valence-corrected chi connectivity index (χ4v) is 3.31. The SMILES string of the molecule is Cc1ccc([C@H](CNC(=O)CC(C)C)N2CCCCCC2)cc1. The molecule has 1 aromatic carbocycles. The normalized spacial score (nSPS) is 17.7. The zero-order valence-corrected chi connectivity index (χ0v) is 15.0. The van der Waals surface area contributed by atoms with Crippen molar-refractivity contribution in [3.05, 3.63) is 35.4 Å². The van der Waals surface area contributed by atoms with Crippen LogP contribution in [-0.4, -0.2) is 30.4 Å². The van der Waals surface area contributed by atoms with Gasteiger partial charge in [-0.05, 0) is 44.3 Å². The van der Waals surface area contributed by atoms with Gasteiger partial charge >= 0.3 is 0 Å². The van der Waals surface area contributed by atoms with Gasteiger partial charge in [-0.2, -0.15) is 0 Å². The van der Waals surface area contributed by atoms with Crippen LogP contribution in [0.15, 0.2) is 24.3 Å². The topological polar surface area (TPSA) is 32.3 Å². The largest absolute Gasteiger partial charge is 0.354 e. The summed E-state index contributed by atoms with van der Waals surface area (Å²) in [5.41, 5.74) is 2.61. The van der Waals surface area contributed by atoms with E-state index in [9.17, 15) is 4.79 Å². The highest BCUT2D eigenvalue weighted by molar-refractivity contribution is 5.76. The first-order valence-electron chi connectivity index (χ1n) is 9.13. The Hall–Kier alpha value is -1.35. The Balaban J connectivity index is 2.07. The van der Waals surface area contributed by atoms with Crippen LogP contribution in [0, 0.1) is 12.8 Å². The van der Waals surface area contributed by atoms with E-state index in [0.29, 0.717) is 24.9 Å². The third kappa shape index (κ3) is 5.98. The molecule has 128 valence electrons. The summed E-state index contributed by atoms with van der Waals surface area (Å²) in [5, 5.41) is 3.16. The van der Waals surface area contributed by atoms with E-state index in [2.05, 4.69) is 55.3 Å². The maximum absolute atomic E-state index is 12.1. The predicted molar refractivity (Wildman–Crippen MR) is 96.4 cm³/mol. The van der Waals surface area contributed by atoms with Crippen LogP contribution in [0.4, 0.5) is 0 Å². The molecular weight excluding hydrogens is 284 g/mol. The lowest BCUT2D eigenvalue weighted by Gasteiger charge is -2.31. The Morgan fingerprint density at radius 2 is 1.70 bits per heavy atom. The van der Waals surface area contributed by atoms with Crippen molar-refractivity contribution in [3.8, 4) is 0 Å². The molecule has 0 aliphatic carbocycles. The molecule has 1 atom stereocenters. The average Bonchev–Trinajstić information content (AvgIpc) is 2.78. The van der Waals surface area contributed by atoms with Crippen molar-refractivity contribution in [3.63, 3.8) is 0 Å². The molecule has 23 heavy (non-hydrogen) atoms. The van der Waals surface area contributed by atoms with Crippen LogP contribution in [0.25, 0.3) is 0 Å². The minimum Gasteiger partial charge on any atom is -0.354 e. The Bertz CT molecular complexity index is 473. The zero-order chi connectivity index (χ0) is 16.7. The third-order valence-electron chi connectivity index (χ3n) is 4.63. The van der Waals surface area contributed by atoms with Gasteiger partial charge in [0.15, 0.2) is 0 Å². The van der Waals surface area contributed by atoms with E-state index in [1.807, 2.05) is 0 Å². The molecule has 0 unspecified atom stereocenters. The summed E-state index contributed by atoms with van der Waals surface area (Å²) in [4.78, 5) is 14.6. The highest BCUT2D eigenvalue weighted by Crippen LogP contribution is 2.24. The summed E-state index contributed by atoms with van der Waals surface area (Å²) in [7, 11) is 0. The van der Waals surface area contributed by atoms with Gasteiger partial charge in [-0.15, -0.1) is 0 Å². The average molecular weight is 316 g/mol. The second-order valence-electron chi connectivity index (χ2n) is 7.28. The second kappa shape index (κ2) is 9.07. The number of hydrogen-bond donors (Lipinski definition) is 1. The van der Waals surface area contributed by atoms with Crippen molar-refractivity contribution in [1.29, 1.82) is 0 Å². The van der Waals surface area contributed by atoms with Gasteiger partial charge < -0.3 is 5.32 Å². The smallest absolute Gasteiger partial charge is 0.220 e. The van der Waals surface area contributed by atoms with Crippen molar-refractivity contribution < 1.29 is 4.79 Å². The summed E-state index contributed by atoms with van der Waals surface area (Å²) in [6.07, 6.45) is 5.80. The monoisotopic (exact) mass is 316 g/mol. The molecule has 0 radical (unpaired) electrons. The van der Waals surface area contributed by atoms with E-state index in [0.717, 1.165) is 13.1 Å². The van der Waals surface area contributed by atoms with E-state index < -0.39 is 0 Å². The van der Waals surface area contributed by atoms with Crippen molar-refractivity contribution in [2.75, 3.05) is 19.6 Å². The standard InChI is InChI=1S/C20H32N2O/c1-16(2)14-20(23)21-15-19(18-10-8-17(3)9-11-18)22-12-6-4-5-7-13-22/h8-11,16,19H,4-7,12-15H2,1-3H3,(H,21,23)/t19-/m0/s1. The van der Waals surface area contributed by atoms with E-state index in [4.69, 9.17) is 0 Å². The first-order chi connectivity index (χ1) is 11.1. The molecule has 1 N–H and O–H groups in total. The molecule has 0 saturated carbocycles. The Morgan fingerprint density at radius 1 is 1.09 bits per heavy atom. The first-order valence-corrected chi connectivity index (χ1v) is 9.13. The second-order valence-corrected chi connectivity index (χ2v) is 7.28. The Kier molecular flexibility index (Phi) is 7.10. The summed E-state index contributed by atoms with van der Waals surface area (Å²) < 4.78 is 0. The molecule has 1 amide bonds. The van der Waals surface area contributed by atoms with E-state index in [1.54, 1.807) is 0 Å². The summed E-state index contributed by atoms with van der Waals surface area (Å²) in [6.45, 7) is 9.29. The van der Waals surface area contributed by atoms with Crippen LogP contribution in [0.5, 0.6) is 0 Å². The molecule has 0 aromatic heterocycles. The number of carbonyl (C=O) groups is 1. The number of amides is 1. The lowest BCUT2D eigenvalue weighted by Crippen LogP contribution is -2.39. The van der Waals surface area contributed by atoms with Crippen molar-refractivity contribution in [2.45, 2.75) is 58.9 Å². The van der Waals surface area contributed by atoms with E-state index in [-0.39, 0.29) is 5.91 Å². The number of carbonyl (C=O) groups excluding carboxylic acids is 1. The molecule has 1 aromatic rings. The maximum Gasteiger partial charge on any atom is 0.220 e. The number of nitrogens with zero attached hydrogens (tertiary/aromatic N) is 1. The minimum atomic E-state index is 0.173. The molecule has 0 spiro atoms. The van der Waals surface area contributed by atoms with Gasteiger partial charge in [0.1, 0.15) is 0 Å². The minimum absolute atomic E-state index is 0.173. The summed E-state index contributed by atoms with van der Waals surface area (Å²) in [5.74, 6) is 0.581. The number of aryl methyl sites for hydroxylation is 1. The summed E-state index contributed by atoms with van der Waals surface area (Å²) in [6, 6.07) is 9.09. The number of rotatable bonds is 6. The van der Waals surface area contributed by atoms with Crippen LogP contribution in [0.3, 0.4) is 0 Å². The highest BCUT2D eigenvalue weighted by atomic mass is 16.1. The molecule has 1 aliphatic rings. The molecule has 1 fully saturated rings. The van der Waals surface area contributed by atoms with Crippen LogP contribution in [0.1, 0.15) is 63.1 Å². The first kappa shape index (κ1) is 18.0. The van der Waals surface area contributed by atoms with E-state index in [1.165, 1.54) is 36.8 Å². The molecule has 0 bridgehead atoms. The van der Waals surface area contributed by atoms with Crippen LogP contribution in [0.2, 0.25) is 0 Å². The molecule has 1 aliphatic heterocycles. The molecule has 1 heterocycles. The Morgan fingerprint density at radius 3 is 2.26 bits per heavy atom. The molecule has 1 saturated heterocycles. The van der Waals surface area contributed by atoms with Crippen molar-refractivity contribution in [2.24, 2.45) is 5.92 Å². The van der Waals surface area contributed by atoms with Gasteiger partial charge in [0.25, 0.3) is 0 Å². The zero-order valence-electron chi connectivity index (χ0n) is 15.0. The molecule has 2 rings (SSSR count). The lowest BCUT2D eigenvalue weighted by atomic mass is 10.0. The maximum atomic E-state index is 12.1. The van der Waals surface area contributed by atoms with E-state index >= 15 is 0 Å². The van der Waals surface area contributed by atoms with Crippen LogP contribution in [-0.2, 0) is 4.79 Å². The van der Waals surface area contributed by atoms with Gasteiger partial charge in [0.2, 0.25) is 5.91 Å². The molecule has 3 heteroatoms. The van der Waals surface area contributed by atoms with Crippen LogP contribution < -0.4 is 5.32 Å². The molecular formula is C20H32N2O.